The zero-order chi connectivity index (χ0) is 31.1. The molecule has 3 aromatic carbocycles. The summed E-state index contributed by atoms with van der Waals surface area (Å²) in [4.78, 5) is 18.5. The fourth-order valence-electron chi connectivity index (χ4n) is 4.67. The van der Waals surface area contributed by atoms with Crippen LogP contribution in [0.5, 0.6) is 11.5 Å². The summed E-state index contributed by atoms with van der Waals surface area (Å²) in [6, 6.07) is 26.0. The Balaban J connectivity index is 1.21. The van der Waals surface area contributed by atoms with Crippen molar-refractivity contribution in [3.05, 3.63) is 114 Å². The van der Waals surface area contributed by atoms with E-state index in [-0.39, 0.29) is 23.7 Å². The van der Waals surface area contributed by atoms with Gasteiger partial charge in [0.1, 0.15) is 21.4 Å². The highest BCUT2D eigenvalue weighted by atomic mass is 32.2. The van der Waals surface area contributed by atoms with E-state index in [1.165, 1.54) is 23.7 Å². The van der Waals surface area contributed by atoms with Crippen LogP contribution in [-0.4, -0.2) is 42.6 Å². The molecule has 6 nitrogen and oxygen atoms in total. The monoisotopic (exact) mass is 646 g/mol. The highest BCUT2D eigenvalue weighted by molar-refractivity contribution is 7.90. The summed E-state index contributed by atoms with van der Waals surface area (Å²) >= 11 is 6.95. The van der Waals surface area contributed by atoms with Gasteiger partial charge in [0.25, 0.3) is 0 Å². The summed E-state index contributed by atoms with van der Waals surface area (Å²) in [5, 5.41) is 3.15. The van der Waals surface area contributed by atoms with Crippen LogP contribution in [0.1, 0.15) is 23.1 Å². The number of thiocarbonyl (C=S) groups is 1. The second kappa shape index (κ2) is 14.3. The van der Waals surface area contributed by atoms with Gasteiger partial charge in [-0.2, -0.15) is 0 Å². The van der Waals surface area contributed by atoms with E-state index in [0.29, 0.717) is 42.1 Å². The molecule has 10 heteroatoms. The van der Waals surface area contributed by atoms with Crippen LogP contribution in [0.2, 0.25) is 0 Å². The fraction of sp³-hybridized carbons (Fsp3) is 0.206. The molecule has 0 aliphatic heterocycles. The summed E-state index contributed by atoms with van der Waals surface area (Å²) in [5.74, 6) is 0.225. The molecule has 0 unspecified atom stereocenters. The molecule has 0 amide bonds. The van der Waals surface area contributed by atoms with Crippen molar-refractivity contribution in [1.82, 2.24) is 10.3 Å². The van der Waals surface area contributed by atoms with Gasteiger partial charge in [-0.15, -0.1) is 11.3 Å². The quantitative estimate of drug-likeness (QED) is 0.101. The number of ether oxygens (including phenoxy) is 1. The third kappa shape index (κ3) is 8.86. The Morgan fingerprint density at radius 1 is 0.932 bits per heavy atom. The van der Waals surface area contributed by atoms with Gasteiger partial charge in [-0.25, -0.2) is 12.8 Å². The zero-order valence-electron chi connectivity index (χ0n) is 24.1. The maximum Gasteiger partial charge on any atom is 0.166 e. The number of hydrogen-bond acceptors (Lipinski definition) is 8. The lowest BCUT2D eigenvalue weighted by Gasteiger charge is -2.10. The first kappa shape index (κ1) is 31.6. The van der Waals surface area contributed by atoms with E-state index in [1.807, 2.05) is 60.7 Å². The van der Waals surface area contributed by atoms with Crippen LogP contribution in [0.4, 0.5) is 4.39 Å². The first-order valence-electron chi connectivity index (χ1n) is 14.0. The lowest BCUT2D eigenvalue weighted by atomic mass is 10.0. The molecule has 0 atom stereocenters. The van der Waals surface area contributed by atoms with E-state index in [1.54, 1.807) is 24.4 Å². The van der Waals surface area contributed by atoms with E-state index in [0.717, 1.165) is 31.8 Å². The number of ketones is 1. The standard InChI is InChI=1S/C34H31FN2O4S3/c1-44(39,40)16-15-36-22-24-7-10-26(11-8-24)33-21-30-34(43-33)32(13-14-37-30)41-31-12-9-25(19-29(31)35)18-28(42)20-27(38)17-23-5-3-2-4-6-23/h2-14,19,21,36H,15-18,20,22H2,1H3. The molecule has 5 rings (SSSR count). The number of nitrogens with one attached hydrogen (secondary N) is 1. The van der Waals surface area contributed by atoms with Gasteiger partial charge < -0.3 is 10.1 Å². The van der Waals surface area contributed by atoms with Gasteiger partial charge in [-0.1, -0.05) is 72.9 Å². The maximum atomic E-state index is 15.1. The van der Waals surface area contributed by atoms with Gasteiger partial charge >= 0.3 is 0 Å². The zero-order valence-corrected chi connectivity index (χ0v) is 26.5. The maximum absolute atomic E-state index is 15.1. The first-order chi connectivity index (χ1) is 21.1. The number of thiophene rings is 1. The predicted molar refractivity (Wildman–Crippen MR) is 179 cm³/mol. The number of halogens is 1. The number of carbonyl (C=O) groups is 1. The summed E-state index contributed by atoms with van der Waals surface area (Å²) in [5.41, 5.74) is 4.43. The van der Waals surface area contributed by atoms with Gasteiger partial charge in [0.15, 0.2) is 11.6 Å². The van der Waals surface area contributed by atoms with Crippen molar-refractivity contribution in [2.45, 2.75) is 25.8 Å². The van der Waals surface area contributed by atoms with Crippen molar-refractivity contribution in [1.29, 1.82) is 0 Å². The van der Waals surface area contributed by atoms with E-state index in [4.69, 9.17) is 17.0 Å². The number of benzene rings is 3. The van der Waals surface area contributed by atoms with E-state index >= 15 is 4.39 Å². The Morgan fingerprint density at radius 3 is 2.41 bits per heavy atom. The van der Waals surface area contributed by atoms with E-state index in [9.17, 15) is 13.2 Å². The highest BCUT2D eigenvalue weighted by Gasteiger charge is 2.15. The SMILES string of the molecule is CS(=O)(=O)CCNCc1ccc(-c2cc3nccc(Oc4ccc(CC(=S)CC(=O)Cc5ccccc5)cc4F)c3s2)cc1. The molecule has 0 saturated heterocycles. The Bertz CT molecular complexity index is 1890. The van der Waals surface area contributed by atoms with Gasteiger partial charge in [0.2, 0.25) is 0 Å². The van der Waals surface area contributed by atoms with Crippen LogP contribution >= 0.6 is 23.6 Å². The number of aromatic nitrogens is 1. The number of carbonyl (C=O) groups excluding carboxylic acids is 1. The normalized spacial score (nSPS) is 11.5. The average molecular weight is 647 g/mol. The molecule has 0 fully saturated rings. The molecule has 0 saturated carbocycles. The Labute approximate surface area is 265 Å². The van der Waals surface area contributed by atoms with Crippen molar-refractivity contribution in [2.75, 3.05) is 18.6 Å². The van der Waals surface area contributed by atoms with Crippen molar-refractivity contribution in [3.8, 4) is 21.9 Å². The molecule has 0 bridgehead atoms. The minimum atomic E-state index is -2.99. The van der Waals surface area contributed by atoms with Gasteiger partial charge in [-0.05, 0) is 40.5 Å². The fourth-order valence-corrected chi connectivity index (χ4v) is 6.58. The molecule has 2 aromatic heterocycles. The minimum Gasteiger partial charge on any atom is -0.453 e. The molecule has 5 aromatic rings. The third-order valence-corrected chi connectivity index (χ3v) is 9.27. The molecule has 226 valence electrons. The summed E-state index contributed by atoms with van der Waals surface area (Å²) < 4.78 is 44.5. The van der Waals surface area contributed by atoms with Crippen LogP contribution in [0.15, 0.2) is 91.1 Å². The van der Waals surface area contributed by atoms with Gasteiger partial charge in [0, 0.05) is 60.6 Å². The molecule has 44 heavy (non-hydrogen) atoms. The Morgan fingerprint density at radius 2 is 1.68 bits per heavy atom. The molecular weight excluding hydrogens is 616 g/mol. The van der Waals surface area contributed by atoms with Crippen molar-refractivity contribution in [2.24, 2.45) is 0 Å². The molecule has 2 heterocycles. The van der Waals surface area contributed by atoms with Crippen LogP contribution in [0, 0.1) is 5.82 Å². The van der Waals surface area contributed by atoms with Gasteiger partial charge in [-0.3, -0.25) is 9.78 Å². The molecule has 0 aliphatic carbocycles. The number of sulfone groups is 1. The van der Waals surface area contributed by atoms with Crippen LogP contribution in [-0.2, 0) is 34.0 Å². The Hall–Kier alpha value is -3.83. The molecule has 0 aliphatic rings. The summed E-state index contributed by atoms with van der Waals surface area (Å²) in [6.07, 6.45) is 3.69. The average Bonchev–Trinajstić information content (AvgIpc) is 3.42. The number of Topliss-reactive ketones (excluding diaryl/α,β-unsaturated/α-hetero) is 1. The van der Waals surface area contributed by atoms with Gasteiger partial charge in [0.05, 0.1) is 16.0 Å². The van der Waals surface area contributed by atoms with Crippen LogP contribution in [0.3, 0.4) is 0 Å². The van der Waals surface area contributed by atoms with E-state index < -0.39 is 15.7 Å². The highest BCUT2D eigenvalue weighted by Crippen LogP contribution is 2.39. The molecule has 1 N–H and O–H groups in total. The first-order valence-corrected chi connectivity index (χ1v) is 17.3. The van der Waals surface area contributed by atoms with Crippen molar-refractivity contribution >= 4 is 54.3 Å². The molecular formula is C34H31FN2O4S3. The molecule has 0 spiro atoms. The summed E-state index contributed by atoms with van der Waals surface area (Å²) in [6.45, 7) is 0.975. The largest absolute Gasteiger partial charge is 0.453 e. The van der Waals surface area contributed by atoms with E-state index in [2.05, 4.69) is 10.3 Å². The topological polar surface area (TPSA) is 85.4 Å². The number of pyridine rings is 1. The smallest absolute Gasteiger partial charge is 0.166 e. The second-order valence-electron chi connectivity index (χ2n) is 10.6. The number of fused-ring (bicyclic) bond motifs is 1. The lowest BCUT2D eigenvalue weighted by molar-refractivity contribution is -0.117. The summed E-state index contributed by atoms with van der Waals surface area (Å²) in [7, 11) is -2.99. The molecule has 0 radical (unpaired) electrons. The van der Waals surface area contributed by atoms with Crippen LogP contribution in [0.25, 0.3) is 20.7 Å². The predicted octanol–water partition coefficient (Wildman–Crippen LogP) is 7.14. The minimum absolute atomic E-state index is 0.0357. The number of nitrogens with zero attached hydrogens (tertiary/aromatic N) is 1. The lowest BCUT2D eigenvalue weighted by Crippen LogP contribution is -2.21. The van der Waals surface area contributed by atoms with Crippen molar-refractivity contribution in [3.63, 3.8) is 0 Å². The number of rotatable bonds is 14. The van der Waals surface area contributed by atoms with Crippen LogP contribution < -0.4 is 10.1 Å². The third-order valence-electron chi connectivity index (χ3n) is 6.85. The second-order valence-corrected chi connectivity index (χ2v) is 14.5. The van der Waals surface area contributed by atoms with Crippen molar-refractivity contribution < 1.29 is 22.3 Å². The Kier molecular flexibility index (Phi) is 10.3. The number of hydrogen-bond donors (Lipinski definition) is 1.